The summed E-state index contributed by atoms with van der Waals surface area (Å²) < 4.78 is 79.4. The Bertz CT molecular complexity index is 751. The zero-order valence-corrected chi connectivity index (χ0v) is 17.8. The standard InChI is InChI=1S/C22H30F6N4/c23-21(24,25)15-10-16(22(26,27)28)12-17(11-15)31-20(30-13-14-6-2-1-3-7-14)32-19-9-5-4-8-18(19)29/h10-12,14,18-19H,1-9,13,29H2,(H2,30,31,32)/t18-,19-/m0/s1. The van der Waals surface area contributed by atoms with Gasteiger partial charge < -0.3 is 16.4 Å². The van der Waals surface area contributed by atoms with Crippen LogP contribution in [0.15, 0.2) is 23.2 Å². The van der Waals surface area contributed by atoms with E-state index in [1.54, 1.807) is 0 Å². The minimum absolute atomic E-state index is 0.120. The van der Waals surface area contributed by atoms with Gasteiger partial charge in [-0.1, -0.05) is 32.1 Å². The predicted molar refractivity (Wildman–Crippen MR) is 112 cm³/mol. The molecule has 3 rings (SSSR count). The average molecular weight is 464 g/mol. The van der Waals surface area contributed by atoms with E-state index in [1.165, 1.54) is 6.42 Å². The first-order valence-corrected chi connectivity index (χ1v) is 11.2. The summed E-state index contributed by atoms with van der Waals surface area (Å²) in [6.07, 6.45) is -0.899. The Hall–Kier alpha value is -1.97. The van der Waals surface area contributed by atoms with Crippen molar-refractivity contribution in [2.24, 2.45) is 16.6 Å². The third-order valence-electron chi connectivity index (χ3n) is 6.22. The van der Waals surface area contributed by atoms with Crippen LogP contribution < -0.4 is 16.4 Å². The van der Waals surface area contributed by atoms with Gasteiger partial charge in [0.15, 0.2) is 5.96 Å². The second-order valence-corrected chi connectivity index (χ2v) is 8.81. The molecule has 0 unspecified atom stereocenters. The minimum Gasteiger partial charge on any atom is -0.352 e. The van der Waals surface area contributed by atoms with Crippen molar-refractivity contribution >= 4 is 11.6 Å². The van der Waals surface area contributed by atoms with Crippen LogP contribution in [0.1, 0.15) is 68.9 Å². The van der Waals surface area contributed by atoms with Crippen molar-refractivity contribution in [2.45, 2.75) is 82.2 Å². The molecule has 10 heteroatoms. The fraction of sp³-hybridized carbons (Fsp3) is 0.682. The van der Waals surface area contributed by atoms with Crippen LogP contribution in [-0.2, 0) is 12.4 Å². The first kappa shape index (κ1) is 24.7. The molecule has 0 amide bonds. The lowest BCUT2D eigenvalue weighted by molar-refractivity contribution is -0.143. The van der Waals surface area contributed by atoms with Crippen LogP contribution in [0.25, 0.3) is 0 Å². The second-order valence-electron chi connectivity index (χ2n) is 8.81. The van der Waals surface area contributed by atoms with E-state index in [1.807, 2.05) is 0 Å². The topological polar surface area (TPSA) is 62.4 Å². The van der Waals surface area contributed by atoms with E-state index in [0.29, 0.717) is 24.6 Å². The number of nitrogens with zero attached hydrogens (tertiary/aromatic N) is 1. The van der Waals surface area contributed by atoms with Crippen molar-refractivity contribution in [3.63, 3.8) is 0 Å². The summed E-state index contributed by atoms with van der Waals surface area (Å²) in [5, 5.41) is 5.86. The largest absolute Gasteiger partial charge is 0.416 e. The number of hydrogen-bond donors (Lipinski definition) is 3. The number of anilines is 1. The van der Waals surface area contributed by atoms with Gasteiger partial charge in [0.25, 0.3) is 0 Å². The van der Waals surface area contributed by atoms with Gasteiger partial charge in [-0.2, -0.15) is 26.3 Å². The SMILES string of the molecule is N[C@H]1CCCC[C@@H]1NC(=NCC1CCCCC1)Nc1cc(C(F)(F)F)cc(C(F)(F)F)c1. The van der Waals surface area contributed by atoms with Crippen LogP contribution in [0.4, 0.5) is 32.0 Å². The zero-order chi connectivity index (χ0) is 23.4. The summed E-state index contributed by atoms with van der Waals surface area (Å²) in [7, 11) is 0. The number of rotatable bonds is 4. The molecule has 2 aliphatic rings. The minimum atomic E-state index is -4.91. The Balaban J connectivity index is 1.86. The number of alkyl halides is 6. The summed E-state index contributed by atoms with van der Waals surface area (Å²) in [5.41, 5.74) is 3.14. The van der Waals surface area contributed by atoms with Crippen molar-refractivity contribution in [3.8, 4) is 0 Å². The lowest BCUT2D eigenvalue weighted by Crippen LogP contribution is -2.51. The highest BCUT2D eigenvalue weighted by Crippen LogP contribution is 2.37. The van der Waals surface area contributed by atoms with Crippen LogP contribution in [-0.4, -0.2) is 24.6 Å². The highest BCUT2D eigenvalue weighted by molar-refractivity contribution is 5.94. The molecule has 32 heavy (non-hydrogen) atoms. The molecular formula is C22H30F6N4. The summed E-state index contributed by atoms with van der Waals surface area (Å²) in [4.78, 5) is 4.53. The molecule has 0 heterocycles. The molecule has 0 bridgehead atoms. The molecular weight excluding hydrogens is 434 g/mol. The monoisotopic (exact) mass is 464 g/mol. The van der Waals surface area contributed by atoms with E-state index in [2.05, 4.69) is 15.6 Å². The van der Waals surface area contributed by atoms with E-state index in [9.17, 15) is 26.3 Å². The lowest BCUT2D eigenvalue weighted by atomic mass is 9.89. The fourth-order valence-corrected chi connectivity index (χ4v) is 4.39. The molecule has 0 saturated heterocycles. The molecule has 0 aliphatic heterocycles. The summed E-state index contributed by atoms with van der Waals surface area (Å²) in [6.45, 7) is 0.461. The normalized spacial score (nSPS) is 23.8. The summed E-state index contributed by atoms with van der Waals surface area (Å²) >= 11 is 0. The second kappa shape index (κ2) is 10.3. The Morgan fingerprint density at radius 3 is 1.97 bits per heavy atom. The molecule has 1 aromatic carbocycles. The van der Waals surface area contributed by atoms with Gasteiger partial charge in [-0.15, -0.1) is 0 Å². The maximum atomic E-state index is 13.2. The van der Waals surface area contributed by atoms with E-state index >= 15 is 0 Å². The highest BCUT2D eigenvalue weighted by atomic mass is 19.4. The Labute approximate surface area is 184 Å². The number of halogens is 6. The van der Waals surface area contributed by atoms with Gasteiger partial charge in [-0.25, -0.2) is 0 Å². The van der Waals surface area contributed by atoms with Crippen molar-refractivity contribution in [2.75, 3.05) is 11.9 Å². The summed E-state index contributed by atoms with van der Waals surface area (Å²) in [6, 6.07) is 1.17. The van der Waals surface area contributed by atoms with E-state index in [4.69, 9.17) is 5.73 Å². The molecule has 0 spiro atoms. The van der Waals surface area contributed by atoms with Gasteiger partial charge in [0.05, 0.1) is 11.1 Å². The fourth-order valence-electron chi connectivity index (χ4n) is 4.39. The van der Waals surface area contributed by atoms with Gasteiger partial charge in [-0.05, 0) is 49.8 Å². The molecule has 0 aromatic heterocycles. The molecule has 2 atom stereocenters. The Morgan fingerprint density at radius 1 is 0.844 bits per heavy atom. The smallest absolute Gasteiger partial charge is 0.352 e. The molecule has 1 aromatic rings. The molecule has 2 saturated carbocycles. The van der Waals surface area contributed by atoms with Crippen LogP contribution >= 0.6 is 0 Å². The molecule has 180 valence electrons. The van der Waals surface area contributed by atoms with E-state index in [0.717, 1.165) is 51.4 Å². The van der Waals surface area contributed by atoms with Crippen molar-refractivity contribution in [1.29, 1.82) is 0 Å². The predicted octanol–water partition coefficient (Wildman–Crippen LogP) is 5.93. The lowest BCUT2D eigenvalue weighted by Gasteiger charge is -2.31. The van der Waals surface area contributed by atoms with E-state index < -0.39 is 23.5 Å². The first-order valence-electron chi connectivity index (χ1n) is 11.2. The third-order valence-corrected chi connectivity index (χ3v) is 6.22. The Morgan fingerprint density at radius 2 is 1.41 bits per heavy atom. The van der Waals surface area contributed by atoms with Gasteiger partial charge in [-0.3, -0.25) is 4.99 Å². The van der Waals surface area contributed by atoms with Crippen LogP contribution in [0.3, 0.4) is 0 Å². The summed E-state index contributed by atoms with van der Waals surface area (Å²) in [5.74, 6) is 0.528. The van der Waals surface area contributed by atoms with Crippen LogP contribution in [0.5, 0.6) is 0 Å². The quantitative estimate of drug-likeness (QED) is 0.294. The third kappa shape index (κ3) is 7.02. The molecule has 0 radical (unpaired) electrons. The van der Waals surface area contributed by atoms with Crippen LogP contribution in [0, 0.1) is 5.92 Å². The zero-order valence-electron chi connectivity index (χ0n) is 17.8. The number of guanidine groups is 1. The van der Waals surface area contributed by atoms with Gasteiger partial charge >= 0.3 is 12.4 Å². The van der Waals surface area contributed by atoms with Crippen molar-refractivity contribution in [3.05, 3.63) is 29.3 Å². The highest BCUT2D eigenvalue weighted by Gasteiger charge is 2.37. The van der Waals surface area contributed by atoms with Gasteiger partial charge in [0, 0.05) is 24.3 Å². The van der Waals surface area contributed by atoms with Crippen molar-refractivity contribution in [1.82, 2.24) is 5.32 Å². The maximum absolute atomic E-state index is 13.2. The molecule has 2 fully saturated rings. The van der Waals surface area contributed by atoms with Gasteiger partial charge in [0.1, 0.15) is 0 Å². The van der Waals surface area contributed by atoms with Gasteiger partial charge in [0.2, 0.25) is 0 Å². The number of aliphatic imine (C=N–C) groups is 1. The number of nitrogens with one attached hydrogen (secondary N) is 2. The molecule has 4 N–H and O–H groups in total. The average Bonchev–Trinajstić information content (AvgIpc) is 2.73. The number of hydrogen-bond acceptors (Lipinski definition) is 2. The van der Waals surface area contributed by atoms with Crippen LogP contribution in [0.2, 0.25) is 0 Å². The first-order chi connectivity index (χ1) is 15.0. The maximum Gasteiger partial charge on any atom is 0.416 e. The number of nitrogens with two attached hydrogens (primary N) is 1. The molecule has 2 aliphatic carbocycles. The molecule has 4 nitrogen and oxygen atoms in total. The van der Waals surface area contributed by atoms with E-state index in [-0.39, 0.29) is 29.8 Å². The number of benzene rings is 1. The van der Waals surface area contributed by atoms with Crippen molar-refractivity contribution < 1.29 is 26.3 Å². The Kier molecular flexibility index (Phi) is 7.95.